The van der Waals surface area contributed by atoms with Crippen molar-refractivity contribution < 1.29 is 14.7 Å². The van der Waals surface area contributed by atoms with E-state index in [4.69, 9.17) is 5.11 Å². The predicted molar refractivity (Wildman–Crippen MR) is 56.2 cm³/mol. The Hall–Kier alpha value is -1.43. The Morgan fingerprint density at radius 3 is 2.47 bits per heavy atom. The Bertz CT molecular complexity index is 400. The van der Waals surface area contributed by atoms with Gasteiger partial charge in [-0.2, -0.15) is 0 Å². The maximum atomic E-state index is 11.6. The molecule has 6 heteroatoms. The van der Waals surface area contributed by atoms with Crippen LogP contribution in [-0.4, -0.2) is 28.0 Å². The van der Waals surface area contributed by atoms with Crippen molar-refractivity contribution in [2.24, 2.45) is 0 Å². The van der Waals surface area contributed by atoms with Gasteiger partial charge in [0.15, 0.2) is 0 Å². The third-order valence-electron chi connectivity index (χ3n) is 1.83. The molecule has 1 amide bonds. The molecule has 0 radical (unpaired) electrons. The average Bonchev–Trinajstić information content (AvgIpc) is 2.44. The third-order valence-corrected chi connectivity index (χ3v) is 2.90. The summed E-state index contributed by atoms with van der Waals surface area (Å²) < 4.78 is 0. The number of carbonyl (C=O) groups excluding carboxylic acids is 1. The highest BCUT2D eigenvalue weighted by Crippen LogP contribution is 2.16. The predicted octanol–water partition coefficient (Wildman–Crippen LogP) is 0.963. The lowest BCUT2D eigenvalue weighted by Crippen LogP contribution is -2.38. The van der Waals surface area contributed by atoms with Crippen molar-refractivity contribution in [2.75, 3.05) is 0 Å². The largest absolute Gasteiger partial charge is 0.480 e. The summed E-state index contributed by atoms with van der Waals surface area (Å²) in [7, 11) is 0. The van der Waals surface area contributed by atoms with Gasteiger partial charge in [-0.25, -0.2) is 4.98 Å². The first-order valence-corrected chi connectivity index (χ1v) is 5.21. The van der Waals surface area contributed by atoms with Crippen molar-refractivity contribution in [3.63, 3.8) is 0 Å². The molecule has 0 aliphatic carbocycles. The number of carbonyl (C=O) groups is 2. The second-order valence-electron chi connectivity index (χ2n) is 3.18. The fraction of sp³-hybridized carbons (Fsp3) is 0.444. The van der Waals surface area contributed by atoms with Crippen LogP contribution in [0, 0.1) is 13.8 Å². The van der Waals surface area contributed by atoms with Crippen molar-refractivity contribution in [3.05, 3.63) is 15.6 Å². The summed E-state index contributed by atoms with van der Waals surface area (Å²) in [5.41, 5.74) is 0.632. The molecule has 0 bridgehead atoms. The summed E-state index contributed by atoms with van der Waals surface area (Å²) in [4.78, 5) is 26.7. The van der Waals surface area contributed by atoms with E-state index in [1.165, 1.54) is 18.3 Å². The van der Waals surface area contributed by atoms with Gasteiger partial charge in [-0.1, -0.05) is 0 Å². The number of aliphatic carboxylic acids is 1. The number of rotatable bonds is 3. The minimum absolute atomic E-state index is 0.381. The van der Waals surface area contributed by atoms with Gasteiger partial charge in [0.1, 0.15) is 10.9 Å². The van der Waals surface area contributed by atoms with Crippen LogP contribution in [0.4, 0.5) is 0 Å². The van der Waals surface area contributed by atoms with Gasteiger partial charge < -0.3 is 10.4 Å². The highest BCUT2D eigenvalue weighted by Gasteiger charge is 2.18. The van der Waals surface area contributed by atoms with E-state index in [9.17, 15) is 9.59 Å². The number of nitrogens with one attached hydrogen (secondary N) is 1. The number of nitrogens with zero attached hydrogens (tertiary/aromatic N) is 1. The van der Waals surface area contributed by atoms with Crippen molar-refractivity contribution >= 4 is 23.2 Å². The molecule has 0 saturated heterocycles. The normalized spacial score (nSPS) is 12.2. The quantitative estimate of drug-likeness (QED) is 0.807. The Labute approximate surface area is 91.1 Å². The van der Waals surface area contributed by atoms with Crippen molar-refractivity contribution in [1.82, 2.24) is 10.3 Å². The van der Waals surface area contributed by atoms with E-state index in [-0.39, 0.29) is 5.91 Å². The van der Waals surface area contributed by atoms with E-state index >= 15 is 0 Å². The lowest BCUT2D eigenvalue weighted by atomic mass is 10.3. The zero-order chi connectivity index (χ0) is 11.6. The molecule has 1 aromatic heterocycles. The monoisotopic (exact) mass is 228 g/mol. The fourth-order valence-corrected chi connectivity index (χ4v) is 1.89. The molecule has 82 valence electrons. The van der Waals surface area contributed by atoms with E-state index in [1.807, 2.05) is 0 Å². The molecular weight excluding hydrogens is 216 g/mol. The molecule has 15 heavy (non-hydrogen) atoms. The van der Waals surface area contributed by atoms with Crippen LogP contribution in [-0.2, 0) is 4.79 Å². The molecule has 1 rings (SSSR count). The van der Waals surface area contributed by atoms with Crippen LogP contribution in [0.1, 0.15) is 27.3 Å². The molecule has 1 atom stereocenters. The number of carboxylic acid groups (broad SMARTS) is 1. The smallest absolute Gasteiger partial charge is 0.325 e. The fourth-order valence-electron chi connectivity index (χ4n) is 1.07. The van der Waals surface area contributed by atoms with Gasteiger partial charge in [0.05, 0.1) is 10.7 Å². The van der Waals surface area contributed by atoms with E-state index in [0.717, 1.165) is 5.01 Å². The van der Waals surface area contributed by atoms with Gasteiger partial charge in [-0.05, 0) is 20.8 Å². The summed E-state index contributed by atoms with van der Waals surface area (Å²) in [5, 5.41) is 11.8. The first kappa shape index (κ1) is 11.6. The SMILES string of the molecule is Cc1nc(C)c(C(=O)N[C@@H](C)C(=O)O)s1. The molecule has 2 N–H and O–H groups in total. The lowest BCUT2D eigenvalue weighted by molar-refractivity contribution is -0.138. The number of hydrogen-bond donors (Lipinski definition) is 2. The Morgan fingerprint density at radius 1 is 1.47 bits per heavy atom. The van der Waals surface area contributed by atoms with E-state index in [2.05, 4.69) is 10.3 Å². The van der Waals surface area contributed by atoms with Gasteiger partial charge in [0.25, 0.3) is 5.91 Å². The van der Waals surface area contributed by atoms with Crippen LogP contribution < -0.4 is 5.32 Å². The summed E-state index contributed by atoms with van der Waals surface area (Å²) in [6.45, 7) is 4.95. The number of amides is 1. The summed E-state index contributed by atoms with van der Waals surface area (Å²) in [6.07, 6.45) is 0. The summed E-state index contributed by atoms with van der Waals surface area (Å²) in [6, 6.07) is -0.890. The summed E-state index contributed by atoms with van der Waals surface area (Å²) in [5.74, 6) is -1.43. The minimum atomic E-state index is -1.05. The molecule has 0 fully saturated rings. The van der Waals surface area contributed by atoms with Crippen LogP contribution in [0.5, 0.6) is 0 Å². The Morgan fingerprint density at radius 2 is 2.07 bits per heavy atom. The van der Waals surface area contributed by atoms with Crippen LogP contribution >= 0.6 is 11.3 Å². The van der Waals surface area contributed by atoms with E-state index < -0.39 is 12.0 Å². The van der Waals surface area contributed by atoms with Crippen LogP contribution in [0.2, 0.25) is 0 Å². The number of thiazole rings is 1. The first-order valence-electron chi connectivity index (χ1n) is 4.39. The van der Waals surface area contributed by atoms with Crippen molar-refractivity contribution in [2.45, 2.75) is 26.8 Å². The van der Waals surface area contributed by atoms with Gasteiger partial charge >= 0.3 is 5.97 Å². The van der Waals surface area contributed by atoms with Crippen LogP contribution in [0.25, 0.3) is 0 Å². The average molecular weight is 228 g/mol. The van der Waals surface area contributed by atoms with Crippen molar-refractivity contribution in [3.8, 4) is 0 Å². The number of aromatic nitrogens is 1. The molecule has 0 aliphatic heterocycles. The molecule has 0 aromatic carbocycles. The van der Waals surface area contributed by atoms with Crippen LogP contribution in [0.15, 0.2) is 0 Å². The molecule has 0 saturated carbocycles. The zero-order valence-corrected chi connectivity index (χ0v) is 9.51. The molecule has 0 aliphatic rings. The zero-order valence-electron chi connectivity index (χ0n) is 8.70. The standard InChI is InChI=1S/C9H12N2O3S/c1-4-7(15-6(3)10-4)8(12)11-5(2)9(13)14/h5H,1-3H3,(H,11,12)(H,13,14)/t5-/m0/s1. The van der Waals surface area contributed by atoms with Gasteiger partial charge in [-0.15, -0.1) is 11.3 Å². The highest BCUT2D eigenvalue weighted by atomic mass is 32.1. The topological polar surface area (TPSA) is 79.3 Å². The highest BCUT2D eigenvalue weighted by molar-refractivity contribution is 7.13. The summed E-state index contributed by atoms with van der Waals surface area (Å²) >= 11 is 1.26. The maximum Gasteiger partial charge on any atom is 0.325 e. The molecule has 1 heterocycles. The Balaban J connectivity index is 2.77. The molecule has 1 aromatic rings. The molecule has 5 nitrogen and oxygen atoms in total. The van der Waals surface area contributed by atoms with Crippen molar-refractivity contribution in [1.29, 1.82) is 0 Å². The lowest BCUT2D eigenvalue weighted by Gasteiger charge is -2.07. The number of aryl methyl sites for hydroxylation is 2. The molecule has 0 spiro atoms. The second-order valence-corrected chi connectivity index (χ2v) is 4.38. The van der Waals surface area contributed by atoms with Gasteiger partial charge in [0.2, 0.25) is 0 Å². The van der Waals surface area contributed by atoms with Gasteiger partial charge in [-0.3, -0.25) is 9.59 Å². The molecule has 0 unspecified atom stereocenters. The van der Waals surface area contributed by atoms with Gasteiger partial charge in [0, 0.05) is 0 Å². The van der Waals surface area contributed by atoms with E-state index in [0.29, 0.717) is 10.6 Å². The first-order chi connectivity index (χ1) is 6.91. The second kappa shape index (κ2) is 4.39. The molecular formula is C9H12N2O3S. The maximum absolute atomic E-state index is 11.6. The minimum Gasteiger partial charge on any atom is -0.480 e. The number of hydrogen-bond acceptors (Lipinski definition) is 4. The van der Waals surface area contributed by atoms with Crippen LogP contribution in [0.3, 0.4) is 0 Å². The van der Waals surface area contributed by atoms with E-state index in [1.54, 1.807) is 13.8 Å². The third kappa shape index (κ3) is 2.76. The number of carboxylic acids is 1. The Kier molecular flexibility index (Phi) is 3.41.